The Hall–Kier alpha value is -2.08. The molecule has 1 aliphatic heterocycles. The van der Waals surface area contributed by atoms with Crippen LogP contribution < -0.4 is 5.32 Å². The van der Waals surface area contributed by atoms with Crippen LogP contribution >= 0.6 is 13.5 Å². The third-order valence-electron chi connectivity index (χ3n) is 1.82. The lowest BCUT2D eigenvalue weighted by molar-refractivity contribution is 1.20. The molecule has 0 unspecified atom stereocenters. The van der Waals surface area contributed by atoms with Crippen LogP contribution in [0.1, 0.15) is 0 Å². The van der Waals surface area contributed by atoms with Crippen LogP contribution in [-0.4, -0.2) is 19.9 Å². The van der Waals surface area contributed by atoms with Crippen molar-refractivity contribution in [2.24, 2.45) is 0 Å². The van der Waals surface area contributed by atoms with E-state index in [1.807, 2.05) is 36.7 Å². The number of rotatable bonds is 0. The van der Waals surface area contributed by atoms with Gasteiger partial charge in [0.05, 0.1) is 12.5 Å². The number of hydrogen-bond donors (Lipinski definition) is 2. The topological polar surface area (TPSA) is 66.5 Å². The summed E-state index contributed by atoms with van der Waals surface area (Å²) in [5.74, 6) is 0. The molecule has 0 saturated heterocycles. The van der Waals surface area contributed by atoms with Gasteiger partial charge in [-0.1, -0.05) is 12.2 Å². The number of nitrogens with one attached hydrogen (secondary N) is 2. The molecule has 17 heavy (non-hydrogen) atoms. The van der Waals surface area contributed by atoms with Gasteiger partial charge in [0, 0.05) is 12.4 Å². The number of imidazole rings is 1. The van der Waals surface area contributed by atoms with Crippen LogP contribution in [0.4, 0.5) is 0 Å². The van der Waals surface area contributed by atoms with Gasteiger partial charge >= 0.3 is 0 Å². The van der Waals surface area contributed by atoms with Crippen LogP contribution in [-0.2, 0) is 0 Å². The Balaban J connectivity index is 0.000000166. The van der Waals surface area contributed by atoms with E-state index in [9.17, 15) is 0 Å². The summed E-state index contributed by atoms with van der Waals surface area (Å²) in [6.07, 6.45) is 16.3. The van der Waals surface area contributed by atoms with Gasteiger partial charge in [0.25, 0.3) is 0 Å². The minimum absolute atomic E-state index is 0. The number of fused-ring (bicyclic) bond motifs is 1. The van der Waals surface area contributed by atoms with Gasteiger partial charge in [-0.15, -0.1) is 0 Å². The zero-order chi connectivity index (χ0) is 11.1. The maximum absolute atomic E-state index is 3.91. The average Bonchev–Trinajstić information content (AvgIpc) is 2.61. The van der Waals surface area contributed by atoms with E-state index in [1.54, 1.807) is 12.5 Å². The highest BCUT2D eigenvalue weighted by Gasteiger charge is 1.91. The second kappa shape index (κ2) is 7.24. The molecule has 0 bridgehead atoms. The molecule has 2 aromatic heterocycles. The standard InChI is InChI=1S/C6H7N.C5H4N4.H2S/c1-2-4-6-7-5-3-1;1-4-5(8-2-6-1)9-3-7-4;/h1-7H;1-3H,(H,6,7,8,9);1H2. The SMILES string of the molecule is C1=CC=CNC=C1.S.c1ncc2[nH]cnc2n1. The summed E-state index contributed by atoms with van der Waals surface area (Å²) in [4.78, 5) is 14.5. The van der Waals surface area contributed by atoms with Gasteiger partial charge in [0.15, 0.2) is 5.65 Å². The van der Waals surface area contributed by atoms with Crippen LogP contribution in [0.3, 0.4) is 0 Å². The Kier molecular flexibility index (Phi) is 5.53. The van der Waals surface area contributed by atoms with E-state index in [2.05, 4.69) is 25.3 Å². The summed E-state index contributed by atoms with van der Waals surface area (Å²) in [5.41, 5.74) is 1.59. The quantitative estimate of drug-likeness (QED) is 0.742. The largest absolute Gasteiger partial charge is 0.368 e. The minimum atomic E-state index is 0. The van der Waals surface area contributed by atoms with Crippen molar-refractivity contribution in [2.45, 2.75) is 0 Å². The van der Waals surface area contributed by atoms with E-state index in [-0.39, 0.29) is 13.5 Å². The molecule has 0 aliphatic carbocycles. The molecule has 2 N–H and O–H groups in total. The minimum Gasteiger partial charge on any atom is -0.368 e. The molecule has 6 heteroatoms. The first kappa shape index (κ1) is 13.0. The van der Waals surface area contributed by atoms with Crippen LogP contribution in [0.5, 0.6) is 0 Å². The van der Waals surface area contributed by atoms with Crippen molar-refractivity contribution >= 4 is 24.7 Å². The lowest BCUT2D eigenvalue weighted by atomic mass is 10.5. The number of H-pyrrole nitrogens is 1. The molecule has 0 saturated carbocycles. The summed E-state index contributed by atoms with van der Waals surface area (Å²) < 4.78 is 0. The molecule has 0 fully saturated rings. The van der Waals surface area contributed by atoms with Gasteiger partial charge in [-0.25, -0.2) is 15.0 Å². The predicted octanol–water partition coefficient (Wildman–Crippen LogP) is 1.64. The van der Waals surface area contributed by atoms with Crippen molar-refractivity contribution in [1.29, 1.82) is 0 Å². The molecule has 3 heterocycles. The number of allylic oxidation sites excluding steroid dienone is 4. The highest BCUT2D eigenvalue weighted by atomic mass is 32.1. The Morgan fingerprint density at radius 1 is 0.941 bits per heavy atom. The van der Waals surface area contributed by atoms with Gasteiger partial charge in [0.1, 0.15) is 11.8 Å². The van der Waals surface area contributed by atoms with Crippen LogP contribution in [0.15, 0.2) is 55.6 Å². The summed E-state index contributed by atoms with van der Waals surface area (Å²) in [6.45, 7) is 0. The fourth-order valence-corrected chi connectivity index (χ4v) is 1.10. The fourth-order valence-electron chi connectivity index (χ4n) is 1.10. The molecule has 2 aromatic rings. The maximum atomic E-state index is 3.91. The number of hydrogen-bond acceptors (Lipinski definition) is 4. The predicted molar refractivity (Wildman–Crippen MR) is 72.6 cm³/mol. The third-order valence-corrected chi connectivity index (χ3v) is 1.82. The third kappa shape index (κ3) is 4.12. The van der Waals surface area contributed by atoms with Gasteiger partial charge in [-0.2, -0.15) is 13.5 Å². The first-order valence-corrected chi connectivity index (χ1v) is 4.80. The van der Waals surface area contributed by atoms with E-state index in [1.165, 1.54) is 6.33 Å². The van der Waals surface area contributed by atoms with E-state index in [0.29, 0.717) is 5.65 Å². The number of aromatic amines is 1. The van der Waals surface area contributed by atoms with E-state index >= 15 is 0 Å². The monoisotopic (exact) mass is 247 g/mol. The molecular weight excluding hydrogens is 234 g/mol. The Bertz CT molecular complexity index is 485. The molecule has 0 spiro atoms. The second-order valence-corrected chi connectivity index (χ2v) is 2.93. The van der Waals surface area contributed by atoms with Crippen molar-refractivity contribution in [3.8, 4) is 0 Å². The first-order valence-electron chi connectivity index (χ1n) is 4.80. The Morgan fingerprint density at radius 2 is 1.71 bits per heavy atom. The van der Waals surface area contributed by atoms with Crippen molar-refractivity contribution in [2.75, 3.05) is 0 Å². The van der Waals surface area contributed by atoms with E-state index in [0.717, 1.165) is 5.52 Å². The summed E-state index contributed by atoms with van der Waals surface area (Å²) in [7, 11) is 0. The van der Waals surface area contributed by atoms with Gasteiger partial charge < -0.3 is 10.3 Å². The highest BCUT2D eigenvalue weighted by Crippen LogP contribution is 1.99. The van der Waals surface area contributed by atoms with Crippen molar-refractivity contribution in [1.82, 2.24) is 25.3 Å². The number of aromatic nitrogens is 4. The fraction of sp³-hybridized carbons (Fsp3) is 0. The molecule has 0 radical (unpaired) electrons. The molecule has 3 rings (SSSR count). The van der Waals surface area contributed by atoms with Crippen LogP contribution in [0.2, 0.25) is 0 Å². The van der Waals surface area contributed by atoms with Gasteiger partial charge in [-0.3, -0.25) is 0 Å². The molecule has 1 aliphatic rings. The van der Waals surface area contributed by atoms with Crippen LogP contribution in [0.25, 0.3) is 11.2 Å². The van der Waals surface area contributed by atoms with Gasteiger partial charge in [0.2, 0.25) is 0 Å². The summed E-state index contributed by atoms with van der Waals surface area (Å²) in [5, 5.41) is 2.92. The number of nitrogens with zero attached hydrogens (tertiary/aromatic N) is 3. The average molecular weight is 247 g/mol. The zero-order valence-corrected chi connectivity index (χ0v) is 10.0. The summed E-state index contributed by atoms with van der Waals surface area (Å²) in [6, 6.07) is 0. The molecule has 5 nitrogen and oxygen atoms in total. The lowest BCUT2D eigenvalue weighted by Gasteiger charge is -1.80. The van der Waals surface area contributed by atoms with E-state index in [4.69, 9.17) is 0 Å². The molecule has 0 aromatic carbocycles. The van der Waals surface area contributed by atoms with Crippen LogP contribution in [0, 0.1) is 0 Å². The second-order valence-electron chi connectivity index (χ2n) is 2.93. The Morgan fingerprint density at radius 3 is 2.41 bits per heavy atom. The molecular formula is C11H13N5S. The zero-order valence-electron chi connectivity index (χ0n) is 9.04. The Labute approximate surface area is 106 Å². The van der Waals surface area contributed by atoms with Crippen molar-refractivity contribution in [3.63, 3.8) is 0 Å². The smallest absolute Gasteiger partial charge is 0.180 e. The highest BCUT2D eigenvalue weighted by molar-refractivity contribution is 7.59. The molecule has 88 valence electrons. The summed E-state index contributed by atoms with van der Waals surface area (Å²) >= 11 is 0. The molecule has 0 atom stereocenters. The normalized spacial score (nSPS) is 12.0. The first-order chi connectivity index (χ1) is 7.97. The maximum Gasteiger partial charge on any atom is 0.180 e. The van der Waals surface area contributed by atoms with Crippen molar-refractivity contribution < 1.29 is 0 Å². The lowest BCUT2D eigenvalue weighted by Crippen LogP contribution is -1.87. The van der Waals surface area contributed by atoms with Gasteiger partial charge in [-0.05, 0) is 12.2 Å². The van der Waals surface area contributed by atoms with E-state index < -0.39 is 0 Å². The van der Waals surface area contributed by atoms with Crippen molar-refractivity contribution in [3.05, 3.63) is 55.6 Å². The molecule has 0 amide bonds.